The van der Waals surface area contributed by atoms with E-state index in [0.29, 0.717) is 0 Å². The number of thiophene rings is 1. The van der Waals surface area contributed by atoms with Gasteiger partial charge in [0.1, 0.15) is 10.6 Å². The van der Waals surface area contributed by atoms with E-state index < -0.39 is 0 Å². The number of hydrogen-bond acceptors (Lipinski definition) is 5. The lowest BCUT2D eigenvalue weighted by molar-refractivity contribution is 0.884. The van der Waals surface area contributed by atoms with E-state index in [0.717, 1.165) is 41.0 Å². The summed E-state index contributed by atoms with van der Waals surface area (Å²) in [5.74, 6) is 2.54. The predicted octanol–water partition coefficient (Wildman–Crippen LogP) is 2.95. The van der Waals surface area contributed by atoms with Gasteiger partial charge in [0.25, 0.3) is 0 Å². The van der Waals surface area contributed by atoms with Gasteiger partial charge < -0.3 is 10.6 Å². The zero-order valence-corrected chi connectivity index (χ0v) is 10.7. The van der Waals surface area contributed by atoms with Crippen molar-refractivity contribution in [3.63, 3.8) is 0 Å². The molecule has 0 radical (unpaired) electrons. The van der Waals surface area contributed by atoms with Crippen LogP contribution in [0.2, 0.25) is 0 Å². The number of hydrogen-bond donors (Lipinski definition) is 2. The Hall–Kier alpha value is -1.36. The van der Waals surface area contributed by atoms with Gasteiger partial charge in [-0.1, -0.05) is 0 Å². The second-order valence-corrected chi connectivity index (χ2v) is 5.28. The van der Waals surface area contributed by atoms with E-state index in [1.165, 1.54) is 12.8 Å². The van der Waals surface area contributed by atoms with Crippen molar-refractivity contribution in [3.8, 4) is 0 Å². The molecule has 90 valence electrons. The summed E-state index contributed by atoms with van der Waals surface area (Å²) < 4.78 is 0. The molecule has 0 bridgehead atoms. The van der Waals surface area contributed by atoms with Gasteiger partial charge in [0, 0.05) is 13.1 Å². The average Bonchev–Trinajstić information content (AvgIpc) is 3.03. The molecular formula is C12H16N4S. The summed E-state index contributed by atoms with van der Waals surface area (Å²) in [5.41, 5.74) is 0. The molecule has 0 spiro atoms. The number of nitrogens with zero attached hydrogens (tertiary/aromatic N) is 2. The minimum absolute atomic E-state index is 0.723. The lowest BCUT2D eigenvalue weighted by atomic mass is 10.3. The van der Waals surface area contributed by atoms with E-state index in [1.807, 2.05) is 0 Å². The lowest BCUT2D eigenvalue weighted by Gasteiger charge is -2.08. The Bertz CT molecular complexity index is 518. The molecule has 1 saturated carbocycles. The van der Waals surface area contributed by atoms with E-state index >= 15 is 0 Å². The molecule has 1 fully saturated rings. The van der Waals surface area contributed by atoms with Crippen LogP contribution in [0.15, 0.2) is 11.4 Å². The van der Waals surface area contributed by atoms with Crippen molar-refractivity contribution in [2.75, 3.05) is 23.7 Å². The third-order valence-corrected chi connectivity index (χ3v) is 3.72. The first-order valence-electron chi connectivity index (χ1n) is 6.10. The van der Waals surface area contributed by atoms with Crippen LogP contribution in [0, 0.1) is 5.92 Å². The van der Waals surface area contributed by atoms with Gasteiger partial charge in [0.05, 0.1) is 5.39 Å². The fraction of sp³-hybridized carbons (Fsp3) is 0.500. The molecule has 2 aromatic rings. The molecule has 5 heteroatoms. The number of anilines is 2. The van der Waals surface area contributed by atoms with Crippen LogP contribution in [0.5, 0.6) is 0 Å². The van der Waals surface area contributed by atoms with Gasteiger partial charge >= 0.3 is 0 Å². The SMILES string of the molecule is CCNc1nc(NCC2CC2)c2ccsc2n1. The van der Waals surface area contributed by atoms with Gasteiger partial charge in [-0.25, -0.2) is 4.98 Å². The van der Waals surface area contributed by atoms with Gasteiger partial charge in [-0.2, -0.15) is 4.98 Å². The van der Waals surface area contributed by atoms with Crippen LogP contribution in [0.4, 0.5) is 11.8 Å². The Morgan fingerprint density at radius 3 is 3.00 bits per heavy atom. The van der Waals surface area contributed by atoms with E-state index in [2.05, 4.69) is 39.0 Å². The number of aromatic nitrogens is 2. The molecule has 1 aliphatic carbocycles. The Kier molecular flexibility index (Phi) is 2.84. The topological polar surface area (TPSA) is 49.8 Å². The highest BCUT2D eigenvalue weighted by atomic mass is 32.1. The molecule has 0 aromatic carbocycles. The first kappa shape index (κ1) is 10.8. The van der Waals surface area contributed by atoms with Crippen molar-refractivity contribution in [3.05, 3.63) is 11.4 Å². The maximum Gasteiger partial charge on any atom is 0.226 e. The zero-order chi connectivity index (χ0) is 11.7. The van der Waals surface area contributed by atoms with Crippen molar-refractivity contribution in [2.45, 2.75) is 19.8 Å². The molecular weight excluding hydrogens is 232 g/mol. The normalized spacial score (nSPS) is 15.1. The summed E-state index contributed by atoms with van der Waals surface area (Å²) in [5, 5.41) is 9.83. The van der Waals surface area contributed by atoms with Crippen LogP contribution in [-0.4, -0.2) is 23.1 Å². The van der Waals surface area contributed by atoms with Crippen LogP contribution < -0.4 is 10.6 Å². The summed E-state index contributed by atoms with van der Waals surface area (Å²) in [6.07, 6.45) is 2.70. The Labute approximate surface area is 104 Å². The van der Waals surface area contributed by atoms with E-state index in [1.54, 1.807) is 11.3 Å². The van der Waals surface area contributed by atoms with E-state index in [4.69, 9.17) is 0 Å². The monoisotopic (exact) mass is 248 g/mol. The molecule has 1 aliphatic rings. The second-order valence-electron chi connectivity index (χ2n) is 4.39. The molecule has 17 heavy (non-hydrogen) atoms. The minimum Gasteiger partial charge on any atom is -0.369 e. The van der Waals surface area contributed by atoms with Gasteiger partial charge in [-0.3, -0.25) is 0 Å². The standard InChI is InChI=1S/C12H16N4S/c1-2-13-12-15-10(14-7-8-3-4-8)9-5-6-17-11(9)16-12/h5-6,8H,2-4,7H2,1H3,(H2,13,14,15,16). The van der Waals surface area contributed by atoms with E-state index in [9.17, 15) is 0 Å². The second kappa shape index (κ2) is 4.49. The molecule has 3 rings (SSSR count). The Balaban J connectivity index is 1.90. The highest BCUT2D eigenvalue weighted by Crippen LogP contribution is 2.31. The van der Waals surface area contributed by atoms with E-state index in [-0.39, 0.29) is 0 Å². The first-order chi connectivity index (χ1) is 8.36. The molecule has 4 nitrogen and oxygen atoms in total. The number of rotatable bonds is 5. The van der Waals surface area contributed by atoms with Crippen LogP contribution in [0.25, 0.3) is 10.2 Å². The van der Waals surface area contributed by atoms with Crippen molar-refractivity contribution >= 4 is 33.3 Å². The largest absolute Gasteiger partial charge is 0.369 e. The summed E-state index contributed by atoms with van der Waals surface area (Å²) in [7, 11) is 0. The zero-order valence-electron chi connectivity index (χ0n) is 9.86. The molecule has 0 atom stereocenters. The summed E-state index contributed by atoms with van der Waals surface area (Å²) in [6, 6.07) is 2.09. The first-order valence-corrected chi connectivity index (χ1v) is 6.97. The van der Waals surface area contributed by atoms with Gasteiger partial charge in [0.2, 0.25) is 5.95 Å². The molecule has 0 amide bonds. The van der Waals surface area contributed by atoms with Crippen LogP contribution >= 0.6 is 11.3 Å². The fourth-order valence-corrected chi connectivity index (χ4v) is 2.55. The highest BCUT2D eigenvalue weighted by molar-refractivity contribution is 7.16. The number of nitrogens with one attached hydrogen (secondary N) is 2. The maximum absolute atomic E-state index is 4.54. The highest BCUT2D eigenvalue weighted by Gasteiger charge is 2.21. The quantitative estimate of drug-likeness (QED) is 0.854. The van der Waals surface area contributed by atoms with Crippen LogP contribution in [0.1, 0.15) is 19.8 Å². The van der Waals surface area contributed by atoms with Crippen LogP contribution in [0.3, 0.4) is 0 Å². The van der Waals surface area contributed by atoms with Crippen LogP contribution in [-0.2, 0) is 0 Å². The number of fused-ring (bicyclic) bond motifs is 1. The minimum atomic E-state index is 0.723. The summed E-state index contributed by atoms with van der Waals surface area (Å²) >= 11 is 1.66. The molecule has 0 saturated heterocycles. The Morgan fingerprint density at radius 1 is 1.35 bits per heavy atom. The van der Waals surface area contributed by atoms with Crippen molar-refractivity contribution in [2.24, 2.45) is 5.92 Å². The van der Waals surface area contributed by atoms with Gasteiger partial charge in [0.15, 0.2) is 0 Å². The molecule has 2 aromatic heterocycles. The molecule has 2 N–H and O–H groups in total. The van der Waals surface area contributed by atoms with Crippen molar-refractivity contribution in [1.29, 1.82) is 0 Å². The lowest BCUT2D eigenvalue weighted by Crippen LogP contribution is -2.08. The predicted molar refractivity (Wildman–Crippen MR) is 72.8 cm³/mol. The molecule has 0 aliphatic heterocycles. The third kappa shape index (κ3) is 2.34. The third-order valence-electron chi connectivity index (χ3n) is 2.92. The fourth-order valence-electron chi connectivity index (χ4n) is 1.79. The maximum atomic E-state index is 4.54. The van der Waals surface area contributed by atoms with Gasteiger partial charge in [-0.05, 0) is 37.1 Å². The summed E-state index contributed by atoms with van der Waals surface area (Å²) in [6.45, 7) is 3.94. The Morgan fingerprint density at radius 2 is 2.24 bits per heavy atom. The molecule has 0 unspecified atom stereocenters. The van der Waals surface area contributed by atoms with Gasteiger partial charge in [-0.15, -0.1) is 11.3 Å². The van der Waals surface area contributed by atoms with Crippen molar-refractivity contribution < 1.29 is 0 Å². The van der Waals surface area contributed by atoms with Crippen molar-refractivity contribution in [1.82, 2.24) is 9.97 Å². The smallest absolute Gasteiger partial charge is 0.226 e. The molecule has 2 heterocycles. The summed E-state index contributed by atoms with van der Waals surface area (Å²) in [4.78, 5) is 10.1. The average molecular weight is 248 g/mol.